The fourth-order valence-corrected chi connectivity index (χ4v) is 4.51. The summed E-state index contributed by atoms with van der Waals surface area (Å²) in [4.78, 5) is 2.21. The summed E-state index contributed by atoms with van der Waals surface area (Å²) in [5.74, 6) is 1.03. The van der Waals surface area contributed by atoms with Crippen LogP contribution in [0.1, 0.15) is 54.5 Å². The first kappa shape index (κ1) is 22.0. The van der Waals surface area contributed by atoms with Crippen molar-refractivity contribution in [2.24, 2.45) is 5.92 Å². The molecular formula is C27H33FN2. The molecule has 0 amide bonds. The van der Waals surface area contributed by atoms with Crippen molar-refractivity contribution in [2.75, 3.05) is 13.1 Å². The average Bonchev–Trinajstić information content (AvgIpc) is 2.71. The van der Waals surface area contributed by atoms with E-state index in [2.05, 4.69) is 43.5 Å². The Morgan fingerprint density at radius 3 is 2.27 bits per heavy atom. The van der Waals surface area contributed by atoms with Crippen LogP contribution in [0.5, 0.6) is 0 Å². The highest BCUT2D eigenvalue weighted by Crippen LogP contribution is 2.29. The maximum atomic E-state index is 13.1. The molecule has 1 fully saturated rings. The number of amidine groups is 1. The van der Waals surface area contributed by atoms with Crippen molar-refractivity contribution in [2.45, 2.75) is 47.0 Å². The van der Waals surface area contributed by atoms with Gasteiger partial charge in [-0.1, -0.05) is 36.4 Å². The van der Waals surface area contributed by atoms with E-state index in [1.54, 1.807) is 12.1 Å². The molecule has 0 radical (unpaired) electrons. The third-order valence-electron chi connectivity index (χ3n) is 6.23. The standard InChI is InChI=1S/C27H33FN2/c1-6-24(18(2)3)25-17-26(20(5)15-19(25)4)27(29)30-13-11-22(12-14-30)16-21-7-9-23(28)10-8-21/h6-10,15,17,22,29H,2,11-14,16H2,1,3-5H3/b24-6-,29-27?. The Morgan fingerprint density at radius 2 is 1.70 bits per heavy atom. The van der Waals surface area contributed by atoms with E-state index in [1.807, 2.05) is 26.0 Å². The lowest BCUT2D eigenvalue weighted by atomic mass is 9.88. The van der Waals surface area contributed by atoms with E-state index in [-0.39, 0.29) is 5.82 Å². The molecule has 0 aliphatic carbocycles. The molecule has 1 saturated heterocycles. The average molecular weight is 405 g/mol. The topological polar surface area (TPSA) is 27.1 Å². The van der Waals surface area contributed by atoms with Crippen molar-refractivity contribution in [3.05, 3.63) is 88.3 Å². The SMILES string of the molecule is C=C(C)/C(=C/C)c1cc(C(=N)N2CCC(Cc3ccc(F)cc3)CC2)c(C)cc1C. The summed E-state index contributed by atoms with van der Waals surface area (Å²) < 4.78 is 13.1. The van der Waals surface area contributed by atoms with Crippen LogP contribution in [0.3, 0.4) is 0 Å². The van der Waals surface area contributed by atoms with Crippen LogP contribution < -0.4 is 0 Å². The molecule has 1 N–H and O–H groups in total. The van der Waals surface area contributed by atoms with Crippen molar-refractivity contribution >= 4 is 11.4 Å². The quantitative estimate of drug-likeness (QED) is 0.335. The molecule has 3 heteroatoms. The largest absolute Gasteiger partial charge is 0.357 e. The zero-order valence-corrected chi connectivity index (χ0v) is 18.7. The zero-order valence-electron chi connectivity index (χ0n) is 18.7. The van der Waals surface area contributed by atoms with Crippen LogP contribution in [0.15, 0.2) is 54.6 Å². The number of likely N-dealkylation sites (tertiary alicyclic amines) is 1. The molecule has 30 heavy (non-hydrogen) atoms. The third kappa shape index (κ3) is 4.89. The normalized spacial score (nSPS) is 15.4. The molecule has 0 bridgehead atoms. The second kappa shape index (κ2) is 9.42. The number of allylic oxidation sites excluding steroid dienone is 3. The molecular weight excluding hydrogens is 371 g/mol. The molecule has 1 aliphatic heterocycles. The van der Waals surface area contributed by atoms with Gasteiger partial charge in [0.25, 0.3) is 0 Å². The molecule has 0 unspecified atom stereocenters. The van der Waals surface area contributed by atoms with Gasteiger partial charge in [-0.05, 0) is 98.9 Å². The minimum atomic E-state index is -0.178. The highest BCUT2D eigenvalue weighted by molar-refractivity contribution is 5.99. The van der Waals surface area contributed by atoms with Gasteiger partial charge in [-0.15, -0.1) is 0 Å². The van der Waals surface area contributed by atoms with Crippen molar-refractivity contribution in [3.8, 4) is 0 Å². The van der Waals surface area contributed by atoms with Gasteiger partial charge in [-0.25, -0.2) is 4.39 Å². The molecule has 0 saturated carbocycles. The number of benzene rings is 2. The number of halogens is 1. The van der Waals surface area contributed by atoms with Crippen LogP contribution in [0.4, 0.5) is 4.39 Å². The predicted molar refractivity (Wildman–Crippen MR) is 126 cm³/mol. The monoisotopic (exact) mass is 404 g/mol. The molecule has 2 aromatic rings. The minimum Gasteiger partial charge on any atom is -0.357 e. The Kier molecular flexibility index (Phi) is 6.91. The second-order valence-corrected chi connectivity index (χ2v) is 8.57. The number of hydrogen-bond donors (Lipinski definition) is 1. The van der Waals surface area contributed by atoms with Gasteiger partial charge in [0.1, 0.15) is 11.7 Å². The molecule has 2 nitrogen and oxygen atoms in total. The maximum absolute atomic E-state index is 13.1. The fraction of sp³-hybridized carbons (Fsp3) is 0.370. The summed E-state index contributed by atoms with van der Waals surface area (Å²) in [6.45, 7) is 14.2. The predicted octanol–water partition coefficient (Wildman–Crippen LogP) is 6.70. The van der Waals surface area contributed by atoms with Gasteiger partial charge in [0.05, 0.1) is 0 Å². The molecule has 0 atom stereocenters. The van der Waals surface area contributed by atoms with E-state index in [1.165, 1.54) is 16.7 Å². The smallest absolute Gasteiger partial charge is 0.128 e. The van der Waals surface area contributed by atoms with Crippen LogP contribution >= 0.6 is 0 Å². The number of nitrogens with one attached hydrogen (secondary N) is 1. The summed E-state index contributed by atoms with van der Waals surface area (Å²) in [6, 6.07) is 11.2. The van der Waals surface area contributed by atoms with E-state index < -0.39 is 0 Å². The van der Waals surface area contributed by atoms with Gasteiger partial charge >= 0.3 is 0 Å². The van der Waals surface area contributed by atoms with Crippen molar-refractivity contribution in [1.29, 1.82) is 5.41 Å². The first-order chi connectivity index (χ1) is 14.3. The van der Waals surface area contributed by atoms with Gasteiger partial charge in [0.15, 0.2) is 0 Å². The van der Waals surface area contributed by atoms with Gasteiger partial charge in [0.2, 0.25) is 0 Å². The van der Waals surface area contributed by atoms with E-state index in [0.717, 1.165) is 54.6 Å². The van der Waals surface area contributed by atoms with Gasteiger partial charge < -0.3 is 4.90 Å². The maximum Gasteiger partial charge on any atom is 0.128 e. The lowest BCUT2D eigenvalue weighted by molar-refractivity contribution is 0.264. The van der Waals surface area contributed by atoms with Crippen LogP contribution in [0.25, 0.3) is 5.57 Å². The van der Waals surface area contributed by atoms with E-state index in [0.29, 0.717) is 11.8 Å². The van der Waals surface area contributed by atoms with Gasteiger partial charge in [-0.2, -0.15) is 0 Å². The van der Waals surface area contributed by atoms with E-state index >= 15 is 0 Å². The summed E-state index contributed by atoms with van der Waals surface area (Å²) in [5, 5.41) is 8.89. The Hall–Kier alpha value is -2.68. The zero-order chi connectivity index (χ0) is 21.8. The molecule has 0 spiro atoms. The first-order valence-corrected chi connectivity index (χ1v) is 10.8. The molecule has 1 aliphatic rings. The highest BCUT2D eigenvalue weighted by Gasteiger charge is 2.23. The Morgan fingerprint density at radius 1 is 1.10 bits per heavy atom. The molecule has 0 aromatic heterocycles. The lowest BCUT2D eigenvalue weighted by Gasteiger charge is -2.34. The van der Waals surface area contributed by atoms with Gasteiger partial charge in [0, 0.05) is 18.7 Å². The Balaban J connectivity index is 1.71. The third-order valence-corrected chi connectivity index (χ3v) is 6.23. The molecule has 158 valence electrons. The van der Waals surface area contributed by atoms with Crippen molar-refractivity contribution in [1.82, 2.24) is 4.90 Å². The van der Waals surface area contributed by atoms with Crippen LogP contribution in [-0.4, -0.2) is 23.8 Å². The summed E-state index contributed by atoms with van der Waals surface area (Å²) in [7, 11) is 0. The molecule has 2 aromatic carbocycles. The van der Waals surface area contributed by atoms with Crippen LogP contribution in [0, 0.1) is 31.0 Å². The van der Waals surface area contributed by atoms with Gasteiger partial charge in [-0.3, -0.25) is 5.41 Å². The van der Waals surface area contributed by atoms with Crippen LogP contribution in [-0.2, 0) is 6.42 Å². The van der Waals surface area contributed by atoms with Crippen molar-refractivity contribution < 1.29 is 4.39 Å². The number of nitrogens with zero attached hydrogens (tertiary/aromatic N) is 1. The molecule has 3 rings (SSSR count). The summed E-state index contributed by atoms with van der Waals surface area (Å²) in [6.07, 6.45) is 5.21. The summed E-state index contributed by atoms with van der Waals surface area (Å²) in [5.41, 5.74) is 7.94. The number of rotatable bonds is 5. The lowest BCUT2D eigenvalue weighted by Crippen LogP contribution is -2.39. The number of hydrogen-bond acceptors (Lipinski definition) is 1. The fourth-order valence-electron chi connectivity index (χ4n) is 4.51. The number of piperidine rings is 1. The van der Waals surface area contributed by atoms with E-state index in [4.69, 9.17) is 5.41 Å². The number of aryl methyl sites for hydroxylation is 2. The van der Waals surface area contributed by atoms with Crippen LogP contribution in [0.2, 0.25) is 0 Å². The first-order valence-electron chi connectivity index (χ1n) is 10.8. The summed E-state index contributed by atoms with van der Waals surface area (Å²) >= 11 is 0. The minimum absolute atomic E-state index is 0.178. The Bertz CT molecular complexity index is 961. The Labute approximate surface area is 180 Å². The highest BCUT2D eigenvalue weighted by atomic mass is 19.1. The van der Waals surface area contributed by atoms with Crippen molar-refractivity contribution in [3.63, 3.8) is 0 Å². The molecule has 1 heterocycles. The second-order valence-electron chi connectivity index (χ2n) is 8.57. The van der Waals surface area contributed by atoms with E-state index in [9.17, 15) is 4.39 Å².